The van der Waals surface area contributed by atoms with Gasteiger partial charge in [-0.3, -0.25) is 9.59 Å². The second-order valence-electron chi connectivity index (χ2n) is 13.3. The molecule has 42 heavy (non-hydrogen) atoms. The van der Waals surface area contributed by atoms with Gasteiger partial charge in [0.05, 0.1) is 36.6 Å². The van der Waals surface area contributed by atoms with Crippen LogP contribution in [0.3, 0.4) is 0 Å². The van der Waals surface area contributed by atoms with Crippen LogP contribution in [-0.2, 0) is 23.6 Å². The van der Waals surface area contributed by atoms with E-state index in [1.165, 1.54) is 116 Å². The lowest BCUT2D eigenvalue weighted by atomic mass is 10.1. The van der Waals surface area contributed by atoms with Gasteiger partial charge in [-0.15, -0.1) is 0 Å². The van der Waals surface area contributed by atoms with Crippen LogP contribution in [0.5, 0.6) is 0 Å². The molecule has 0 fully saturated rings. The molecule has 0 rings (SSSR count). The smallest absolute Gasteiger partial charge is 0.306 e. The molecule has 0 spiro atoms. The van der Waals surface area contributed by atoms with Crippen LogP contribution in [0, 0.1) is 0 Å². The van der Waals surface area contributed by atoms with Gasteiger partial charge in [0.1, 0.15) is 12.9 Å². The zero-order chi connectivity index (χ0) is 31.2. The number of ether oxygens (including phenoxy) is 2. The van der Waals surface area contributed by atoms with Crippen LogP contribution in [0.15, 0.2) is 0 Å². The Bertz CT molecular complexity index is 611. The summed E-state index contributed by atoms with van der Waals surface area (Å²) < 4.78 is 17.9. The number of quaternary nitrogens is 1. The van der Waals surface area contributed by atoms with Crippen LogP contribution in [0.1, 0.15) is 168 Å². The van der Waals surface area contributed by atoms with Gasteiger partial charge in [0.25, 0.3) is 0 Å². The van der Waals surface area contributed by atoms with Crippen molar-refractivity contribution in [2.75, 3.05) is 40.6 Å². The van der Waals surface area contributed by atoms with Crippen molar-refractivity contribution in [3.05, 3.63) is 0 Å². The molecule has 0 saturated heterocycles. The highest BCUT2D eigenvalue weighted by molar-refractivity contribution is 7.31. The van der Waals surface area contributed by atoms with Gasteiger partial charge in [-0.2, -0.15) is 0 Å². The Morgan fingerprint density at radius 1 is 0.548 bits per heavy atom. The minimum atomic E-state index is -0.536. The van der Waals surface area contributed by atoms with Crippen molar-refractivity contribution in [2.24, 2.45) is 0 Å². The number of unbranched alkanes of at least 4 members (excludes halogenated alkanes) is 20. The fraction of sp³-hybridized carbons (Fsp3) is 0.943. The predicted octanol–water partition coefficient (Wildman–Crippen LogP) is 10.1. The number of carbonyl (C=O) groups excluding carboxylic acids is 2. The Balaban J connectivity index is 4.11. The first-order chi connectivity index (χ1) is 20.3. The van der Waals surface area contributed by atoms with Gasteiger partial charge in [0, 0.05) is 12.8 Å². The Kier molecular flexibility index (Phi) is 29.8. The maximum Gasteiger partial charge on any atom is 0.306 e. The number of hydrogen-bond donors (Lipinski definition) is 0. The molecule has 7 heteroatoms. The van der Waals surface area contributed by atoms with Crippen molar-refractivity contribution < 1.29 is 28.1 Å². The first-order valence-corrected chi connectivity index (χ1v) is 18.9. The average Bonchev–Trinajstić information content (AvgIpc) is 2.95. The van der Waals surface area contributed by atoms with E-state index in [0.717, 1.165) is 36.5 Å². The lowest BCUT2D eigenvalue weighted by Crippen LogP contribution is -2.33. The van der Waals surface area contributed by atoms with Gasteiger partial charge in [-0.05, 0) is 12.8 Å². The third-order valence-electron chi connectivity index (χ3n) is 7.61. The fourth-order valence-corrected chi connectivity index (χ4v) is 5.66. The number of carbonyl (C=O) groups is 2. The zero-order valence-corrected chi connectivity index (χ0v) is 29.7. The van der Waals surface area contributed by atoms with E-state index in [1.807, 2.05) is 0 Å². The predicted molar refractivity (Wildman–Crippen MR) is 180 cm³/mol. The van der Waals surface area contributed by atoms with Crippen LogP contribution >= 0.6 is 8.81 Å². The van der Waals surface area contributed by atoms with Crippen molar-refractivity contribution >= 4 is 20.7 Å². The summed E-state index contributed by atoms with van der Waals surface area (Å²) in [5.41, 5.74) is 0. The molecule has 0 aromatic rings. The summed E-state index contributed by atoms with van der Waals surface area (Å²) in [6.45, 7) is 4.87. The van der Waals surface area contributed by atoms with E-state index in [2.05, 4.69) is 35.0 Å². The molecule has 6 nitrogen and oxygen atoms in total. The molecule has 0 aliphatic heterocycles. The van der Waals surface area contributed by atoms with E-state index in [-0.39, 0.29) is 25.2 Å². The van der Waals surface area contributed by atoms with E-state index in [4.69, 9.17) is 14.0 Å². The quantitative estimate of drug-likeness (QED) is 0.0326. The molecule has 0 bridgehead atoms. The molecule has 2 atom stereocenters. The molecule has 1 unspecified atom stereocenters. The molecule has 0 heterocycles. The van der Waals surface area contributed by atoms with Crippen molar-refractivity contribution in [1.29, 1.82) is 0 Å². The summed E-state index contributed by atoms with van der Waals surface area (Å²) in [5.74, 6) is -0.415. The van der Waals surface area contributed by atoms with Crippen LogP contribution < -0.4 is 0 Å². The minimum Gasteiger partial charge on any atom is -0.462 e. The molecule has 0 aromatic heterocycles. The van der Waals surface area contributed by atoms with Gasteiger partial charge in [-0.25, -0.2) is 0 Å². The number of nitrogens with zero attached hydrogens (tertiary/aromatic N) is 1. The summed E-state index contributed by atoms with van der Waals surface area (Å²) in [7, 11) is 6.68. The van der Waals surface area contributed by atoms with Gasteiger partial charge >= 0.3 is 11.9 Å². The molecule has 0 aliphatic carbocycles. The van der Waals surface area contributed by atoms with E-state index < -0.39 is 6.10 Å². The van der Waals surface area contributed by atoms with Gasteiger partial charge in [0.15, 0.2) is 6.10 Å². The summed E-state index contributed by atoms with van der Waals surface area (Å²) in [4.78, 5) is 24.9. The third-order valence-corrected chi connectivity index (χ3v) is 9.06. The molecule has 0 N–H and O–H groups in total. The molecular weight excluding hydrogens is 545 g/mol. The second kappa shape index (κ2) is 30.3. The normalized spacial score (nSPS) is 12.7. The lowest BCUT2D eigenvalue weighted by Gasteiger charge is -2.24. The second-order valence-corrected chi connectivity index (χ2v) is 14.2. The topological polar surface area (TPSA) is 61.8 Å². The Hall–Kier alpha value is -0.710. The van der Waals surface area contributed by atoms with Gasteiger partial charge in [-0.1, -0.05) is 142 Å². The van der Waals surface area contributed by atoms with E-state index >= 15 is 0 Å². The molecule has 0 amide bonds. The zero-order valence-electron chi connectivity index (χ0n) is 28.7. The SMILES string of the molecule is CCCCCCCCCCCCCC(=O)OC[C@H](COPC[N+](C)(C)C)OC(=O)CCCCCCCCCCCCC. The largest absolute Gasteiger partial charge is 0.462 e. The molecule has 0 radical (unpaired) electrons. The Morgan fingerprint density at radius 2 is 0.929 bits per heavy atom. The monoisotopic (exact) mass is 617 g/mol. The van der Waals surface area contributed by atoms with Crippen molar-refractivity contribution in [3.8, 4) is 0 Å². The minimum absolute atomic E-state index is 0.0791. The van der Waals surface area contributed by atoms with Crippen LogP contribution in [0.4, 0.5) is 0 Å². The standard InChI is InChI=1S/C35H71NO5P/c1-6-8-10-12-14-16-18-20-22-24-26-28-34(37)39-30-33(31-40-42-32-36(3,4)5)41-35(38)29-27-25-23-21-19-17-15-13-11-9-7-2/h33,42H,6-32H2,1-5H3/q+1/t33-/m1/s1. The Labute approximate surface area is 263 Å². The first-order valence-electron chi connectivity index (χ1n) is 17.8. The van der Waals surface area contributed by atoms with Crippen molar-refractivity contribution in [3.63, 3.8) is 0 Å². The maximum absolute atomic E-state index is 12.5. The number of rotatable bonds is 32. The summed E-state index contributed by atoms with van der Waals surface area (Å²) in [6.07, 6.45) is 28.7. The molecule has 0 aromatic carbocycles. The summed E-state index contributed by atoms with van der Waals surface area (Å²) >= 11 is 0. The molecule has 250 valence electrons. The highest BCUT2D eigenvalue weighted by Crippen LogP contribution is 2.18. The van der Waals surface area contributed by atoms with Crippen LogP contribution in [0.2, 0.25) is 0 Å². The molecule has 0 aliphatic rings. The molecule has 0 saturated carbocycles. The Morgan fingerprint density at radius 3 is 1.33 bits per heavy atom. The highest BCUT2D eigenvalue weighted by atomic mass is 31.1. The lowest BCUT2D eigenvalue weighted by molar-refractivity contribution is -0.858. The molecular formula is C35H71NO5P+. The van der Waals surface area contributed by atoms with Gasteiger partial charge < -0.3 is 18.5 Å². The number of esters is 2. The van der Waals surface area contributed by atoms with Gasteiger partial charge in [0.2, 0.25) is 0 Å². The summed E-state index contributed by atoms with van der Waals surface area (Å²) in [6, 6.07) is 0. The van der Waals surface area contributed by atoms with E-state index in [9.17, 15) is 9.59 Å². The first kappa shape index (κ1) is 41.3. The fourth-order valence-electron chi connectivity index (χ4n) is 4.88. The van der Waals surface area contributed by atoms with Crippen molar-refractivity contribution in [1.82, 2.24) is 0 Å². The highest BCUT2D eigenvalue weighted by Gasteiger charge is 2.18. The number of hydrogen-bond acceptors (Lipinski definition) is 5. The van der Waals surface area contributed by atoms with Crippen LogP contribution in [0.25, 0.3) is 0 Å². The van der Waals surface area contributed by atoms with Crippen LogP contribution in [-0.4, -0.2) is 63.2 Å². The maximum atomic E-state index is 12.5. The van der Waals surface area contributed by atoms with E-state index in [1.54, 1.807) is 0 Å². The van der Waals surface area contributed by atoms with E-state index in [0.29, 0.717) is 21.6 Å². The summed E-state index contributed by atoms with van der Waals surface area (Å²) in [5, 5.41) is 0. The average molecular weight is 617 g/mol. The van der Waals surface area contributed by atoms with Crippen molar-refractivity contribution in [2.45, 2.75) is 174 Å². The third kappa shape index (κ3) is 32.2.